The highest BCUT2D eigenvalue weighted by Gasteiger charge is 2.31. The van der Waals surface area contributed by atoms with Gasteiger partial charge in [-0.15, -0.1) is 0 Å². The second-order valence-corrected chi connectivity index (χ2v) is 8.48. The number of pyridine rings is 1. The van der Waals surface area contributed by atoms with Gasteiger partial charge in [0.2, 0.25) is 5.88 Å². The van der Waals surface area contributed by atoms with Crippen LogP contribution in [0.1, 0.15) is 44.1 Å². The number of hydrogen-bond donors (Lipinski definition) is 1. The summed E-state index contributed by atoms with van der Waals surface area (Å²) in [6.07, 6.45) is 0.416. The molecule has 0 fully saturated rings. The normalized spacial score (nSPS) is 10.7. The number of methoxy groups -OCH3 is 1. The maximum absolute atomic E-state index is 14.1. The van der Waals surface area contributed by atoms with Crippen LogP contribution in [0.5, 0.6) is 11.6 Å². The highest BCUT2D eigenvalue weighted by atomic mass is 16.5. The molecule has 1 aromatic heterocycles. The standard InChI is InChI=1S/C30H26N2O4/c1-20-25(19-31)29(34)32(18-17-21-13-15-24(36-2)16-14-21)30(35)26(20)28(33)27(22-9-5-3-6-10-22)23-11-7-4-8-12-23/h3-16,27,35H,17-18H2,1-2H3. The van der Waals surface area contributed by atoms with Crippen LogP contribution >= 0.6 is 0 Å². The summed E-state index contributed by atoms with van der Waals surface area (Å²) in [5, 5.41) is 21.0. The van der Waals surface area contributed by atoms with E-state index in [1.165, 1.54) is 6.92 Å². The molecule has 0 saturated carbocycles. The fraction of sp³-hybridized carbons (Fsp3) is 0.167. The zero-order valence-electron chi connectivity index (χ0n) is 20.1. The number of carbonyl (C=O) groups excluding carboxylic acids is 1. The van der Waals surface area contributed by atoms with E-state index in [1.54, 1.807) is 7.11 Å². The smallest absolute Gasteiger partial charge is 0.271 e. The quantitative estimate of drug-likeness (QED) is 0.360. The predicted molar refractivity (Wildman–Crippen MR) is 138 cm³/mol. The molecular weight excluding hydrogens is 452 g/mol. The van der Waals surface area contributed by atoms with E-state index in [0.29, 0.717) is 12.2 Å². The molecule has 6 nitrogen and oxygen atoms in total. The summed E-state index contributed by atoms with van der Waals surface area (Å²) >= 11 is 0. The summed E-state index contributed by atoms with van der Waals surface area (Å²) < 4.78 is 6.30. The Kier molecular flexibility index (Phi) is 7.31. The number of benzene rings is 3. The molecule has 1 heterocycles. The lowest BCUT2D eigenvalue weighted by Gasteiger charge is -2.21. The molecule has 0 aliphatic rings. The Morgan fingerprint density at radius 2 is 1.53 bits per heavy atom. The van der Waals surface area contributed by atoms with Crippen molar-refractivity contribution in [2.24, 2.45) is 0 Å². The molecule has 0 atom stereocenters. The van der Waals surface area contributed by atoms with Crippen molar-refractivity contribution in [3.05, 3.63) is 129 Å². The average molecular weight is 479 g/mol. The SMILES string of the molecule is COc1ccc(CCn2c(O)c(C(=O)C(c3ccccc3)c3ccccc3)c(C)c(C#N)c2=O)cc1. The number of aromatic hydroxyl groups is 1. The van der Waals surface area contributed by atoms with Crippen LogP contribution in [0.2, 0.25) is 0 Å². The Labute approximate surface area is 209 Å². The maximum Gasteiger partial charge on any atom is 0.271 e. The number of rotatable bonds is 8. The van der Waals surface area contributed by atoms with Crippen LogP contribution in [0.4, 0.5) is 0 Å². The molecule has 0 spiro atoms. The van der Waals surface area contributed by atoms with Crippen molar-refractivity contribution in [3.63, 3.8) is 0 Å². The van der Waals surface area contributed by atoms with E-state index >= 15 is 0 Å². The molecule has 4 aromatic rings. The van der Waals surface area contributed by atoms with Crippen molar-refractivity contribution in [1.29, 1.82) is 5.26 Å². The van der Waals surface area contributed by atoms with Gasteiger partial charge in [-0.05, 0) is 47.7 Å². The molecule has 0 unspecified atom stereocenters. The Balaban J connectivity index is 1.81. The summed E-state index contributed by atoms with van der Waals surface area (Å²) in [7, 11) is 1.58. The summed E-state index contributed by atoms with van der Waals surface area (Å²) in [6, 6.07) is 27.9. The van der Waals surface area contributed by atoms with E-state index in [1.807, 2.05) is 91.0 Å². The van der Waals surface area contributed by atoms with E-state index in [-0.39, 0.29) is 29.0 Å². The van der Waals surface area contributed by atoms with Crippen molar-refractivity contribution in [2.45, 2.75) is 25.8 Å². The second-order valence-electron chi connectivity index (χ2n) is 8.48. The lowest BCUT2D eigenvalue weighted by molar-refractivity contribution is 0.0968. The molecule has 0 radical (unpaired) electrons. The van der Waals surface area contributed by atoms with E-state index < -0.39 is 17.4 Å². The van der Waals surface area contributed by atoms with Crippen LogP contribution in [0.25, 0.3) is 0 Å². The van der Waals surface area contributed by atoms with E-state index in [0.717, 1.165) is 21.3 Å². The third-order valence-corrected chi connectivity index (χ3v) is 6.36. The Morgan fingerprint density at radius 1 is 0.972 bits per heavy atom. The van der Waals surface area contributed by atoms with Gasteiger partial charge in [-0.1, -0.05) is 72.8 Å². The van der Waals surface area contributed by atoms with Crippen molar-refractivity contribution in [1.82, 2.24) is 4.57 Å². The highest BCUT2D eigenvalue weighted by Crippen LogP contribution is 2.33. The monoisotopic (exact) mass is 478 g/mol. The first-order chi connectivity index (χ1) is 17.5. The van der Waals surface area contributed by atoms with Crippen LogP contribution in [0.15, 0.2) is 89.7 Å². The van der Waals surface area contributed by atoms with Gasteiger partial charge in [0.05, 0.1) is 18.6 Å². The van der Waals surface area contributed by atoms with Gasteiger partial charge in [0, 0.05) is 6.54 Å². The second kappa shape index (κ2) is 10.7. The van der Waals surface area contributed by atoms with Gasteiger partial charge in [-0.2, -0.15) is 5.26 Å². The van der Waals surface area contributed by atoms with Gasteiger partial charge in [-0.3, -0.25) is 14.2 Å². The Bertz CT molecular complexity index is 1430. The van der Waals surface area contributed by atoms with Crippen molar-refractivity contribution in [2.75, 3.05) is 7.11 Å². The van der Waals surface area contributed by atoms with E-state index in [4.69, 9.17) is 4.74 Å². The number of hydrogen-bond acceptors (Lipinski definition) is 5. The first-order valence-electron chi connectivity index (χ1n) is 11.6. The summed E-state index contributed by atoms with van der Waals surface area (Å²) in [4.78, 5) is 27.2. The lowest BCUT2D eigenvalue weighted by atomic mass is 9.83. The molecule has 1 N–H and O–H groups in total. The largest absolute Gasteiger partial charge is 0.497 e. The Hall–Kier alpha value is -4.63. The highest BCUT2D eigenvalue weighted by molar-refractivity contribution is 6.06. The number of Topliss-reactive ketones (excluding diaryl/α,β-unsaturated/α-hetero) is 1. The van der Waals surface area contributed by atoms with Gasteiger partial charge in [0.25, 0.3) is 5.56 Å². The number of aryl methyl sites for hydroxylation is 1. The zero-order valence-corrected chi connectivity index (χ0v) is 20.1. The number of carbonyl (C=O) groups is 1. The molecule has 0 amide bonds. The fourth-order valence-electron chi connectivity index (χ4n) is 4.42. The van der Waals surface area contributed by atoms with Gasteiger partial charge in [0.15, 0.2) is 5.78 Å². The minimum atomic E-state index is -0.712. The van der Waals surface area contributed by atoms with Crippen LogP contribution < -0.4 is 10.3 Å². The summed E-state index contributed by atoms with van der Waals surface area (Å²) in [6.45, 7) is 1.64. The van der Waals surface area contributed by atoms with Crippen molar-refractivity contribution in [3.8, 4) is 17.7 Å². The molecule has 6 heteroatoms. The summed E-state index contributed by atoms with van der Waals surface area (Å²) in [5.74, 6) is -0.804. The third-order valence-electron chi connectivity index (χ3n) is 6.36. The van der Waals surface area contributed by atoms with Crippen molar-refractivity contribution < 1.29 is 14.6 Å². The Morgan fingerprint density at radius 3 is 2.03 bits per heavy atom. The van der Waals surface area contributed by atoms with Gasteiger partial charge in [0.1, 0.15) is 17.4 Å². The third kappa shape index (κ3) is 4.77. The lowest BCUT2D eigenvalue weighted by Crippen LogP contribution is -2.28. The molecule has 0 aliphatic heterocycles. The fourth-order valence-corrected chi connectivity index (χ4v) is 4.42. The molecule has 3 aromatic carbocycles. The van der Waals surface area contributed by atoms with Gasteiger partial charge >= 0.3 is 0 Å². The molecule has 4 rings (SSSR count). The minimum Gasteiger partial charge on any atom is -0.497 e. The maximum atomic E-state index is 14.1. The van der Waals surface area contributed by atoms with Crippen LogP contribution in [-0.2, 0) is 13.0 Å². The number of aromatic nitrogens is 1. The molecular formula is C30H26N2O4. The predicted octanol–water partition coefficient (Wildman–Crippen LogP) is 5.00. The van der Waals surface area contributed by atoms with Gasteiger partial charge < -0.3 is 9.84 Å². The van der Waals surface area contributed by atoms with Crippen LogP contribution in [-0.4, -0.2) is 22.6 Å². The molecule has 36 heavy (non-hydrogen) atoms. The number of ketones is 1. The van der Waals surface area contributed by atoms with Crippen LogP contribution in [0, 0.1) is 18.3 Å². The number of nitriles is 1. The first kappa shape index (κ1) is 24.5. The van der Waals surface area contributed by atoms with E-state index in [9.17, 15) is 20.0 Å². The zero-order chi connectivity index (χ0) is 25.7. The number of nitrogens with zero attached hydrogens (tertiary/aromatic N) is 2. The van der Waals surface area contributed by atoms with E-state index in [2.05, 4.69) is 0 Å². The summed E-state index contributed by atoms with van der Waals surface area (Å²) in [5.41, 5.74) is 1.82. The molecule has 0 bridgehead atoms. The molecule has 0 aliphatic carbocycles. The van der Waals surface area contributed by atoms with Crippen molar-refractivity contribution >= 4 is 5.78 Å². The molecule has 0 saturated heterocycles. The van der Waals surface area contributed by atoms with Crippen LogP contribution in [0.3, 0.4) is 0 Å². The first-order valence-corrected chi connectivity index (χ1v) is 11.6. The average Bonchev–Trinajstić information content (AvgIpc) is 2.90. The number of ether oxygens (including phenoxy) is 1. The molecule has 180 valence electrons. The van der Waals surface area contributed by atoms with Gasteiger partial charge in [-0.25, -0.2) is 0 Å². The minimum absolute atomic E-state index is 0.0152. The topological polar surface area (TPSA) is 92.3 Å².